The van der Waals surface area contributed by atoms with Crippen LogP contribution in [0.4, 0.5) is 5.82 Å². The second kappa shape index (κ2) is 5.35. The Bertz CT molecular complexity index is 587. The summed E-state index contributed by atoms with van der Waals surface area (Å²) in [5.41, 5.74) is 1.09. The van der Waals surface area contributed by atoms with Crippen LogP contribution in [-0.2, 0) is 10.6 Å². The maximum Gasteiger partial charge on any atom is 0.136 e. The molecule has 19 heavy (non-hydrogen) atoms. The number of nitrogens with zero attached hydrogens (tertiary/aromatic N) is 2. The van der Waals surface area contributed by atoms with Crippen LogP contribution >= 0.6 is 11.6 Å². The molecule has 0 amide bonds. The van der Waals surface area contributed by atoms with E-state index >= 15 is 0 Å². The highest BCUT2D eigenvalue weighted by molar-refractivity contribution is 6.18. The van der Waals surface area contributed by atoms with Crippen molar-refractivity contribution in [2.75, 3.05) is 25.1 Å². The normalized spacial score (nSPS) is 19.3. The van der Waals surface area contributed by atoms with Gasteiger partial charge in [0.1, 0.15) is 5.82 Å². The van der Waals surface area contributed by atoms with E-state index in [-0.39, 0.29) is 0 Å². The lowest BCUT2D eigenvalue weighted by molar-refractivity contribution is 0.121. The fourth-order valence-corrected chi connectivity index (χ4v) is 2.92. The number of aromatic nitrogens is 1. The van der Waals surface area contributed by atoms with E-state index < -0.39 is 0 Å². The lowest BCUT2D eigenvalue weighted by Gasteiger charge is -2.20. The third-order valence-electron chi connectivity index (χ3n) is 3.78. The third-order valence-corrected chi connectivity index (χ3v) is 4.07. The summed E-state index contributed by atoms with van der Waals surface area (Å²) < 4.78 is 5.43. The van der Waals surface area contributed by atoms with E-state index in [1.54, 1.807) is 7.11 Å². The first kappa shape index (κ1) is 12.7. The van der Waals surface area contributed by atoms with Crippen molar-refractivity contribution in [3.63, 3.8) is 0 Å². The fourth-order valence-electron chi connectivity index (χ4n) is 2.71. The van der Waals surface area contributed by atoms with Crippen LogP contribution < -0.4 is 4.90 Å². The van der Waals surface area contributed by atoms with Gasteiger partial charge in [-0.05, 0) is 17.4 Å². The van der Waals surface area contributed by atoms with Crippen molar-refractivity contribution in [2.24, 2.45) is 0 Å². The number of ether oxygens (including phenoxy) is 1. The smallest absolute Gasteiger partial charge is 0.136 e. The zero-order valence-corrected chi connectivity index (χ0v) is 11.7. The molecule has 1 atom stereocenters. The minimum absolute atomic E-state index is 0.313. The first-order chi connectivity index (χ1) is 9.33. The summed E-state index contributed by atoms with van der Waals surface area (Å²) in [5, 5.41) is 2.38. The van der Waals surface area contributed by atoms with Crippen LogP contribution in [0.2, 0.25) is 0 Å². The molecule has 1 aliphatic rings. The van der Waals surface area contributed by atoms with Gasteiger partial charge in [-0.2, -0.15) is 0 Å². The van der Waals surface area contributed by atoms with Gasteiger partial charge in [0.2, 0.25) is 0 Å². The van der Waals surface area contributed by atoms with Crippen LogP contribution in [0.5, 0.6) is 0 Å². The average Bonchev–Trinajstić information content (AvgIpc) is 2.95. The standard InChI is InChI=1S/C15H17ClN2O/c1-19-12-6-7-18(10-12)15-14-5-3-2-4-13(14)11(8-16)9-17-15/h2-5,9,12H,6-8,10H2,1H3. The molecular formula is C15H17ClN2O. The van der Waals surface area contributed by atoms with Crippen LogP contribution in [0, 0.1) is 0 Å². The number of methoxy groups -OCH3 is 1. The largest absolute Gasteiger partial charge is 0.380 e. The summed E-state index contributed by atoms with van der Waals surface area (Å²) in [7, 11) is 1.77. The van der Waals surface area contributed by atoms with Gasteiger partial charge in [-0.3, -0.25) is 0 Å². The molecule has 2 heterocycles. The quantitative estimate of drug-likeness (QED) is 0.805. The molecular weight excluding hydrogens is 260 g/mol. The zero-order chi connectivity index (χ0) is 13.2. The Kier molecular flexibility index (Phi) is 3.58. The Hall–Kier alpha value is -1.32. The van der Waals surface area contributed by atoms with Gasteiger partial charge in [0.25, 0.3) is 0 Å². The SMILES string of the molecule is COC1CCN(c2ncc(CCl)c3ccccc23)C1. The van der Waals surface area contributed by atoms with E-state index in [4.69, 9.17) is 16.3 Å². The highest BCUT2D eigenvalue weighted by atomic mass is 35.5. The minimum atomic E-state index is 0.313. The molecule has 1 aromatic carbocycles. The predicted molar refractivity (Wildman–Crippen MR) is 78.9 cm³/mol. The molecule has 0 bridgehead atoms. The summed E-state index contributed by atoms with van der Waals surface area (Å²) in [4.78, 5) is 6.91. The molecule has 3 rings (SSSR count). The van der Waals surface area contributed by atoms with E-state index in [9.17, 15) is 0 Å². The topological polar surface area (TPSA) is 25.4 Å². The van der Waals surface area contributed by atoms with Gasteiger partial charge in [-0.1, -0.05) is 24.3 Å². The molecule has 1 fully saturated rings. The van der Waals surface area contributed by atoms with Crippen molar-refractivity contribution in [1.29, 1.82) is 0 Å². The number of alkyl halides is 1. The Morgan fingerprint density at radius 2 is 2.16 bits per heavy atom. The van der Waals surface area contributed by atoms with Gasteiger partial charge in [-0.25, -0.2) is 4.98 Å². The van der Waals surface area contributed by atoms with Crippen molar-refractivity contribution >= 4 is 28.2 Å². The number of rotatable bonds is 3. The molecule has 4 heteroatoms. The number of halogens is 1. The molecule has 0 spiro atoms. The predicted octanol–water partition coefficient (Wildman–Crippen LogP) is 3.20. The van der Waals surface area contributed by atoms with Crippen molar-refractivity contribution in [2.45, 2.75) is 18.4 Å². The van der Waals surface area contributed by atoms with E-state index in [2.05, 4.69) is 28.1 Å². The van der Waals surface area contributed by atoms with Crippen LogP contribution in [-0.4, -0.2) is 31.3 Å². The van der Waals surface area contributed by atoms with Crippen LogP contribution in [0.1, 0.15) is 12.0 Å². The zero-order valence-electron chi connectivity index (χ0n) is 11.0. The second-order valence-corrected chi connectivity index (χ2v) is 5.15. The van der Waals surface area contributed by atoms with Gasteiger partial charge < -0.3 is 9.64 Å². The average molecular weight is 277 g/mol. The summed E-state index contributed by atoms with van der Waals surface area (Å²) >= 11 is 5.99. The maximum atomic E-state index is 5.99. The Morgan fingerprint density at radius 3 is 2.84 bits per heavy atom. The number of pyridine rings is 1. The van der Waals surface area contributed by atoms with Crippen molar-refractivity contribution in [3.8, 4) is 0 Å². The first-order valence-electron chi connectivity index (χ1n) is 6.54. The summed E-state index contributed by atoms with van der Waals surface area (Å²) in [6.07, 6.45) is 3.27. The summed E-state index contributed by atoms with van der Waals surface area (Å²) in [6.45, 7) is 1.91. The van der Waals surface area contributed by atoms with E-state index in [0.29, 0.717) is 12.0 Å². The highest BCUT2D eigenvalue weighted by Crippen LogP contribution is 2.30. The Morgan fingerprint density at radius 1 is 1.37 bits per heavy atom. The number of benzene rings is 1. The number of fused-ring (bicyclic) bond motifs is 1. The number of hydrogen-bond acceptors (Lipinski definition) is 3. The van der Waals surface area contributed by atoms with Gasteiger partial charge >= 0.3 is 0 Å². The van der Waals surface area contributed by atoms with Gasteiger partial charge in [0.05, 0.1) is 6.10 Å². The molecule has 0 N–H and O–H groups in total. The molecule has 1 saturated heterocycles. The molecule has 1 unspecified atom stereocenters. The molecule has 1 aliphatic heterocycles. The van der Waals surface area contributed by atoms with Crippen molar-refractivity contribution in [3.05, 3.63) is 36.0 Å². The highest BCUT2D eigenvalue weighted by Gasteiger charge is 2.24. The fraction of sp³-hybridized carbons (Fsp3) is 0.400. The third kappa shape index (κ3) is 2.28. The van der Waals surface area contributed by atoms with E-state index in [1.807, 2.05) is 12.3 Å². The second-order valence-electron chi connectivity index (χ2n) is 4.88. The van der Waals surface area contributed by atoms with E-state index in [0.717, 1.165) is 30.9 Å². The molecule has 3 nitrogen and oxygen atoms in total. The Balaban J connectivity index is 2.05. The van der Waals surface area contributed by atoms with Crippen LogP contribution in [0.15, 0.2) is 30.5 Å². The van der Waals surface area contributed by atoms with Gasteiger partial charge in [0, 0.05) is 37.7 Å². The molecule has 0 aliphatic carbocycles. The molecule has 1 aromatic heterocycles. The minimum Gasteiger partial charge on any atom is -0.380 e. The van der Waals surface area contributed by atoms with E-state index in [1.165, 1.54) is 10.8 Å². The molecule has 0 radical (unpaired) electrons. The summed E-state index contributed by atoms with van der Waals surface area (Å²) in [5.74, 6) is 1.54. The number of anilines is 1. The maximum absolute atomic E-state index is 5.99. The van der Waals surface area contributed by atoms with Crippen LogP contribution in [0.3, 0.4) is 0 Å². The van der Waals surface area contributed by atoms with Gasteiger partial charge in [-0.15, -0.1) is 11.6 Å². The summed E-state index contributed by atoms with van der Waals surface area (Å²) in [6, 6.07) is 8.33. The van der Waals surface area contributed by atoms with Crippen molar-refractivity contribution in [1.82, 2.24) is 4.98 Å². The first-order valence-corrected chi connectivity index (χ1v) is 7.07. The Labute approximate surface area is 118 Å². The monoisotopic (exact) mass is 276 g/mol. The lowest BCUT2D eigenvalue weighted by atomic mass is 10.1. The molecule has 100 valence electrons. The van der Waals surface area contributed by atoms with Gasteiger partial charge in [0.15, 0.2) is 0 Å². The lowest BCUT2D eigenvalue weighted by Crippen LogP contribution is -2.23. The van der Waals surface area contributed by atoms with Crippen LogP contribution in [0.25, 0.3) is 10.8 Å². The molecule has 0 saturated carbocycles. The molecule has 2 aromatic rings. The van der Waals surface area contributed by atoms with Crippen molar-refractivity contribution < 1.29 is 4.74 Å². The number of hydrogen-bond donors (Lipinski definition) is 0.